The molecule has 2 fully saturated rings. The lowest BCUT2D eigenvalue weighted by Crippen LogP contribution is -2.49. The van der Waals surface area contributed by atoms with Crippen LogP contribution in [0.25, 0.3) is 0 Å². The number of nitrogens with one attached hydrogen (secondary N) is 1. The number of nitrogens with zero attached hydrogens (tertiary/aromatic N) is 1. The number of hydrogen-bond acceptors (Lipinski definition) is 4. The molecule has 2 aliphatic rings. The number of piperidine rings is 1. The first kappa shape index (κ1) is 19.5. The maximum Gasteiger partial charge on any atom is 0.214 e. The molecule has 1 aromatic carbocycles. The molecular weight excluding hydrogens is 348 g/mol. The number of sulfonamides is 1. The van der Waals surface area contributed by atoms with Crippen LogP contribution in [-0.4, -0.2) is 38.9 Å². The molecule has 1 aliphatic carbocycles. The number of benzene rings is 1. The van der Waals surface area contributed by atoms with E-state index in [0.717, 1.165) is 44.5 Å². The Bertz CT molecular complexity index is 667. The van der Waals surface area contributed by atoms with Crippen molar-refractivity contribution in [3.63, 3.8) is 0 Å². The van der Waals surface area contributed by atoms with E-state index < -0.39 is 15.3 Å². The summed E-state index contributed by atoms with van der Waals surface area (Å²) in [6.07, 6.45) is 7.60. The summed E-state index contributed by atoms with van der Waals surface area (Å²) in [6.45, 7) is 5.67. The average Bonchev–Trinajstić information content (AvgIpc) is 2.64. The monoisotopic (exact) mass is 380 g/mol. The summed E-state index contributed by atoms with van der Waals surface area (Å²) < 4.78 is 33.5. The fraction of sp³-hybridized carbons (Fsp3) is 0.700. The second kappa shape index (κ2) is 8.61. The lowest BCUT2D eigenvalue weighted by molar-refractivity contribution is 0.124. The van der Waals surface area contributed by atoms with Gasteiger partial charge in [0, 0.05) is 18.8 Å². The number of hydrogen-bond donors (Lipinski definition) is 1. The first-order valence-electron chi connectivity index (χ1n) is 9.98. The van der Waals surface area contributed by atoms with Crippen molar-refractivity contribution in [1.29, 1.82) is 0 Å². The zero-order valence-corrected chi connectivity index (χ0v) is 16.8. The molecule has 0 radical (unpaired) electrons. The largest absolute Gasteiger partial charge is 0.489 e. The third kappa shape index (κ3) is 4.92. The SMILES string of the molecule is CC(C)S(=O)(=O)NC1CCCCC1Oc1ccc(N2CCCCC2)cc1. The highest BCUT2D eigenvalue weighted by molar-refractivity contribution is 7.90. The number of anilines is 1. The van der Waals surface area contributed by atoms with Crippen molar-refractivity contribution >= 4 is 15.7 Å². The van der Waals surface area contributed by atoms with Gasteiger partial charge in [-0.15, -0.1) is 0 Å². The maximum absolute atomic E-state index is 12.2. The van der Waals surface area contributed by atoms with Gasteiger partial charge in [-0.05, 0) is 76.6 Å². The Morgan fingerprint density at radius 1 is 1.00 bits per heavy atom. The Hall–Kier alpha value is -1.27. The average molecular weight is 381 g/mol. The van der Waals surface area contributed by atoms with E-state index in [1.807, 2.05) is 12.1 Å². The molecule has 1 aromatic rings. The second-order valence-electron chi connectivity index (χ2n) is 7.80. The molecule has 1 saturated carbocycles. The van der Waals surface area contributed by atoms with E-state index in [1.54, 1.807) is 13.8 Å². The Labute approximate surface area is 158 Å². The molecule has 6 heteroatoms. The zero-order chi connectivity index (χ0) is 18.6. The first-order valence-corrected chi connectivity index (χ1v) is 11.5. The predicted molar refractivity (Wildman–Crippen MR) is 106 cm³/mol. The van der Waals surface area contributed by atoms with Crippen molar-refractivity contribution in [2.45, 2.75) is 76.2 Å². The van der Waals surface area contributed by atoms with Crippen molar-refractivity contribution in [3.8, 4) is 5.75 Å². The Morgan fingerprint density at radius 3 is 2.31 bits per heavy atom. The van der Waals surface area contributed by atoms with E-state index in [4.69, 9.17) is 4.74 Å². The third-order valence-electron chi connectivity index (χ3n) is 5.48. The van der Waals surface area contributed by atoms with E-state index >= 15 is 0 Å². The van der Waals surface area contributed by atoms with E-state index in [9.17, 15) is 8.42 Å². The van der Waals surface area contributed by atoms with Gasteiger partial charge in [-0.25, -0.2) is 13.1 Å². The quantitative estimate of drug-likeness (QED) is 0.818. The van der Waals surface area contributed by atoms with Crippen LogP contribution in [0.2, 0.25) is 0 Å². The van der Waals surface area contributed by atoms with Crippen LogP contribution in [0.3, 0.4) is 0 Å². The number of rotatable bonds is 6. The van der Waals surface area contributed by atoms with Gasteiger partial charge in [-0.2, -0.15) is 0 Å². The normalized spacial score (nSPS) is 24.7. The molecule has 0 bridgehead atoms. The van der Waals surface area contributed by atoms with Gasteiger partial charge in [0.2, 0.25) is 10.0 Å². The zero-order valence-electron chi connectivity index (χ0n) is 16.0. The lowest BCUT2D eigenvalue weighted by Gasteiger charge is -2.33. The van der Waals surface area contributed by atoms with Crippen molar-refractivity contribution < 1.29 is 13.2 Å². The first-order chi connectivity index (χ1) is 12.5. The smallest absolute Gasteiger partial charge is 0.214 e. The van der Waals surface area contributed by atoms with Crippen molar-refractivity contribution in [3.05, 3.63) is 24.3 Å². The van der Waals surface area contributed by atoms with Crippen LogP contribution in [0.1, 0.15) is 58.8 Å². The summed E-state index contributed by atoms with van der Waals surface area (Å²) in [6, 6.07) is 8.14. The molecule has 1 N–H and O–H groups in total. The molecule has 1 heterocycles. The lowest BCUT2D eigenvalue weighted by atomic mass is 9.93. The standard InChI is InChI=1S/C20H32N2O3S/c1-16(2)26(23,24)21-19-8-4-5-9-20(19)25-18-12-10-17(11-13-18)22-14-6-3-7-15-22/h10-13,16,19-21H,3-9,14-15H2,1-2H3. The van der Waals surface area contributed by atoms with Crippen LogP contribution in [0.5, 0.6) is 5.75 Å². The van der Waals surface area contributed by atoms with Gasteiger partial charge in [0.25, 0.3) is 0 Å². The third-order valence-corrected chi connectivity index (χ3v) is 7.36. The summed E-state index contributed by atoms with van der Waals surface area (Å²) >= 11 is 0. The van der Waals surface area contributed by atoms with Gasteiger partial charge in [0.05, 0.1) is 11.3 Å². The molecule has 0 spiro atoms. The topological polar surface area (TPSA) is 58.6 Å². The summed E-state index contributed by atoms with van der Waals surface area (Å²) in [7, 11) is -3.28. The van der Waals surface area contributed by atoms with Gasteiger partial charge in [-0.1, -0.05) is 6.42 Å². The summed E-state index contributed by atoms with van der Waals surface area (Å²) in [4.78, 5) is 2.42. The minimum Gasteiger partial charge on any atom is -0.489 e. The van der Waals surface area contributed by atoms with Crippen LogP contribution in [0, 0.1) is 0 Å². The molecule has 26 heavy (non-hydrogen) atoms. The van der Waals surface area contributed by atoms with Crippen molar-refractivity contribution in [2.75, 3.05) is 18.0 Å². The molecule has 1 aliphatic heterocycles. The van der Waals surface area contributed by atoms with Crippen LogP contribution < -0.4 is 14.4 Å². The fourth-order valence-electron chi connectivity index (χ4n) is 3.78. The highest BCUT2D eigenvalue weighted by Gasteiger charge is 2.31. The van der Waals surface area contributed by atoms with Crippen molar-refractivity contribution in [1.82, 2.24) is 4.72 Å². The Morgan fingerprint density at radius 2 is 1.65 bits per heavy atom. The Kier molecular flexibility index (Phi) is 6.46. The van der Waals surface area contributed by atoms with E-state index in [1.165, 1.54) is 24.9 Å². The molecule has 0 amide bonds. The van der Waals surface area contributed by atoms with E-state index in [-0.39, 0.29) is 12.1 Å². The van der Waals surface area contributed by atoms with Gasteiger partial charge in [-0.3, -0.25) is 0 Å². The van der Waals surface area contributed by atoms with E-state index in [2.05, 4.69) is 21.8 Å². The van der Waals surface area contributed by atoms with Crippen LogP contribution in [0.15, 0.2) is 24.3 Å². The van der Waals surface area contributed by atoms with Crippen LogP contribution in [0.4, 0.5) is 5.69 Å². The summed E-state index contributed by atoms with van der Waals surface area (Å²) in [5.74, 6) is 0.825. The molecule has 2 unspecified atom stereocenters. The van der Waals surface area contributed by atoms with Gasteiger partial charge in [0.15, 0.2) is 0 Å². The maximum atomic E-state index is 12.2. The highest BCUT2D eigenvalue weighted by Crippen LogP contribution is 2.27. The Balaban J connectivity index is 1.64. The minimum atomic E-state index is -3.28. The predicted octanol–water partition coefficient (Wildman–Crippen LogP) is 3.69. The van der Waals surface area contributed by atoms with E-state index in [0.29, 0.717) is 0 Å². The van der Waals surface area contributed by atoms with Crippen LogP contribution >= 0.6 is 0 Å². The second-order valence-corrected chi connectivity index (χ2v) is 10.1. The minimum absolute atomic E-state index is 0.0990. The van der Waals surface area contributed by atoms with Gasteiger partial charge >= 0.3 is 0 Å². The van der Waals surface area contributed by atoms with Gasteiger partial charge in [0.1, 0.15) is 11.9 Å². The highest BCUT2D eigenvalue weighted by atomic mass is 32.2. The summed E-state index contributed by atoms with van der Waals surface area (Å²) in [5, 5.41) is -0.422. The molecule has 146 valence electrons. The number of ether oxygens (including phenoxy) is 1. The molecule has 2 atom stereocenters. The molecule has 0 aromatic heterocycles. The molecule has 1 saturated heterocycles. The van der Waals surface area contributed by atoms with Crippen molar-refractivity contribution in [2.24, 2.45) is 0 Å². The fourth-order valence-corrected chi connectivity index (χ4v) is 4.75. The van der Waals surface area contributed by atoms with Gasteiger partial charge < -0.3 is 9.64 Å². The molecular formula is C20H32N2O3S. The summed E-state index contributed by atoms with van der Waals surface area (Å²) in [5.41, 5.74) is 1.25. The molecule has 3 rings (SSSR count). The van der Waals surface area contributed by atoms with Crippen LogP contribution in [-0.2, 0) is 10.0 Å². The molecule has 5 nitrogen and oxygen atoms in total.